The molecule has 0 saturated heterocycles. The van der Waals surface area contributed by atoms with Crippen LogP contribution < -0.4 is 4.90 Å². The number of hydrogen-bond donors (Lipinski definition) is 0. The highest BCUT2D eigenvalue weighted by molar-refractivity contribution is 8.00. The monoisotopic (exact) mass is 413 g/mol. The Morgan fingerprint density at radius 1 is 1.29 bits per heavy atom. The van der Waals surface area contributed by atoms with Crippen LogP contribution in [0.15, 0.2) is 47.1 Å². The third kappa shape index (κ3) is 3.88. The number of amides is 1. The third-order valence-corrected chi connectivity index (χ3v) is 6.50. The van der Waals surface area contributed by atoms with Crippen molar-refractivity contribution in [3.8, 4) is 0 Å². The fraction of sp³-hybridized carbons (Fsp3) is 0.300. The van der Waals surface area contributed by atoms with Crippen molar-refractivity contribution in [2.24, 2.45) is 0 Å². The lowest BCUT2D eigenvalue weighted by Gasteiger charge is -2.35. The van der Waals surface area contributed by atoms with Crippen molar-refractivity contribution >= 4 is 50.9 Å². The predicted molar refractivity (Wildman–Crippen MR) is 111 cm³/mol. The Morgan fingerprint density at radius 2 is 2.14 bits per heavy atom. The number of thioether (sulfide) groups is 1. The number of para-hydroxylation sites is 1. The molecule has 1 amide bonds. The molecular weight excluding hydrogens is 394 g/mol. The van der Waals surface area contributed by atoms with Gasteiger partial charge in [0.1, 0.15) is 16.2 Å². The first kappa shape index (κ1) is 18.9. The summed E-state index contributed by atoms with van der Waals surface area (Å²) in [4.78, 5) is 35.9. The van der Waals surface area contributed by atoms with Gasteiger partial charge in [0.05, 0.1) is 5.75 Å². The summed E-state index contributed by atoms with van der Waals surface area (Å²) in [5, 5.41) is 3.62. The average Bonchev–Trinajstić information content (AvgIpc) is 3.20. The number of carbonyl (C=O) groups excluding carboxylic acids is 2. The van der Waals surface area contributed by atoms with Crippen LogP contribution in [-0.4, -0.2) is 40.2 Å². The molecule has 1 unspecified atom stereocenters. The summed E-state index contributed by atoms with van der Waals surface area (Å²) in [5.41, 5.74) is 2.07. The van der Waals surface area contributed by atoms with E-state index in [1.165, 1.54) is 29.4 Å². The Morgan fingerprint density at radius 3 is 3.04 bits per heavy atom. The van der Waals surface area contributed by atoms with Crippen LogP contribution in [0.2, 0.25) is 0 Å². The lowest BCUT2D eigenvalue weighted by atomic mass is 9.96. The molecule has 3 aromatic rings. The zero-order valence-corrected chi connectivity index (χ0v) is 17.0. The van der Waals surface area contributed by atoms with Crippen LogP contribution in [0.5, 0.6) is 0 Å². The first-order valence-electron chi connectivity index (χ1n) is 9.00. The minimum atomic E-state index is -0.432. The summed E-state index contributed by atoms with van der Waals surface area (Å²) in [5.74, 6) is -0.528. The van der Waals surface area contributed by atoms with Crippen LogP contribution >= 0.6 is 23.1 Å². The molecule has 0 N–H and O–H groups in total. The van der Waals surface area contributed by atoms with Gasteiger partial charge >= 0.3 is 5.97 Å². The van der Waals surface area contributed by atoms with Gasteiger partial charge in [0, 0.05) is 17.1 Å². The second-order valence-electron chi connectivity index (χ2n) is 6.55. The minimum Gasteiger partial charge on any atom is -0.455 e. The third-order valence-electron chi connectivity index (χ3n) is 4.70. The van der Waals surface area contributed by atoms with Crippen LogP contribution in [0.4, 0.5) is 5.69 Å². The quantitative estimate of drug-likeness (QED) is 0.361. The highest BCUT2D eigenvalue weighted by Gasteiger charge is 2.28. The van der Waals surface area contributed by atoms with Gasteiger partial charge in [-0.05, 0) is 42.8 Å². The fourth-order valence-corrected chi connectivity index (χ4v) is 4.91. The molecule has 28 heavy (non-hydrogen) atoms. The highest BCUT2D eigenvalue weighted by atomic mass is 32.2. The standard InChI is InChI=1S/C20H19N3O3S2/c1-13-6-7-14-4-2-3-5-16(14)23(13)17(24)10-26-18(25)11-28-20-15-8-9-27-19(15)21-12-22-20/h2-5,8-9,12-13H,6-7,10-11H2,1H3. The zero-order valence-electron chi connectivity index (χ0n) is 15.3. The maximum absolute atomic E-state index is 12.7. The lowest BCUT2D eigenvalue weighted by Crippen LogP contribution is -2.44. The molecule has 2 aromatic heterocycles. The van der Waals surface area contributed by atoms with E-state index in [9.17, 15) is 9.59 Å². The van der Waals surface area contributed by atoms with E-state index in [2.05, 4.69) is 9.97 Å². The van der Waals surface area contributed by atoms with Gasteiger partial charge in [-0.1, -0.05) is 30.0 Å². The molecule has 4 rings (SSSR count). The van der Waals surface area contributed by atoms with Crippen molar-refractivity contribution in [3.63, 3.8) is 0 Å². The zero-order chi connectivity index (χ0) is 19.5. The molecule has 0 spiro atoms. The van der Waals surface area contributed by atoms with Crippen molar-refractivity contribution in [1.29, 1.82) is 0 Å². The van der Waals surface area contributed by atoms with Gasteiger partial charge in [-0.2, -0.15) is 0 Å². The van der Waals surface area contributed by atoms with E-state index in [4.69, 9.17) is 4.74 Å². The summed E-state index contributed by atoms with van der Waals surface area (Å²) in [6, 6.07) is 9.91. The molecular formula is C20H19N3O3S2. The maximum atomic E-state index is 12.7. The van der Waals surface area contributed by atoms with E-state index in [0.29, 0.717) is 0 Å². The van der Waals surface area contributed by atoms with Crippen LogP contribution in [0.1, 0.15) is 18.9 Å². The molecule has 3 heterocycles. The van der Waals surface area contributed by atoms with Crippen LogP contribution in [-0.2, 0) is 20.7 Å². The number of rotatable bonds is 5. The van der Waals surface area contributed by atoms with Crippen molar-refractivity contribution in [1.82, 2.24) is 9.97 Å². The number of fused-ring (bicyclic) bond motifs is 2. The van der Waals surface area contributed by atoms with Crippen molar-refractivity contribution < 1.29 is 14.3 Å². The molecule has 0 aliphatic carbocycles. The number of ether oxygens (including phenoxy) is 1. The van der Waals surface area contributed by atoms with Crippen LogP contribution in [0.3, 0.4) is 0 Å². The van der Waals surface area contributed by atoms with Gasteiger partial charge in [-0.3, -0.25) is 9.59 Å². The molecule has 6 nitrogen and oxygen atoms in total. The molecule has 8 heteroatoms. The number of aromatic nitrogens is 2. The highest BCUT2D eigenvalue weighted by Crippen LogP contribution is 2.31. The summed E-state index contributed by atoms with van der Waals surface area (Å²) in [7, 11) is 0. The number of carbonyl (C=O) groups is 2. The minimum absolute atomic E-state index is 0.0865. The molecule has 0 bridgehead atoms. The molecule has 0 radical (unpaired) electrons. The van der Waals surface area contributed by atoms with E-state index < -0.39 is 5.97 Å². The van der Waals surface area contributed by atoms with Crippen LogP contribution in [0, 0.1) is 0 Å². The van der Waals surface area contributed by atoms with Crippen molar-refractivity contribution in [3.05, 3.63) is 47.6 Å². The predicted octanol–water partition coefficient (Wildman–Crippen LogP) is 3.69. The van der Waals surface area contributed by atoms with E-state index in [-0.39, 0.29) is 24.3 Å². The summed E-state index contributed by atoms with van der Waals surface area (Å²) < 4.78 is 5.24. The molecule has 1 aliphatic heterocycles. The maximum Gasteiger partial charge on any atom is 0.316 e. The number of thiophene rings is 1. The molecule has 1 aliphatic rings. The summed E-state index contributed by atoms with van der Waals surface area (Å²) in [6.07, 6.45) is 3.34. The van der Waals surface area contributed by atoms with Crippen molar-refractivity contribution in [2.45, 2.75) is 30.8 Å². The van der Waals surface area contributed by atoms with Gasteiger partial charge in [0.25, 0.3) is 5.91 Å². The Balaban J connectivity index is 1.35. The normalized spacial score (nSPS) is 16.0. The Labute approximate surface area is 170 Å². The molecule has 0 saturated carbocycles. The summed E-state index contributed by atoms with van der Waals surface area (Å²) in [6.45, 7) is 1.77. The number of anilines is 1. The number of nitrogens with zero attached hydrogens (tertiary/aromatic N) is 3. The topological polar surface area (TPSA) is 72.4 Å². The molecule has 144 valence electrons. The second-order valence-corrected chi connectivity index (χ2v) is 8.41. The van der Waals surface area contributed by atoms with E-state index >= 15 is 0 Å². The average molecular weight is 414 g/mol. The van der Waals surface area contributed by atoms with Gasteiger partial charge in [0.15, 0.2) is 6.61 Å². The first-order valence-corrected chi connectivity index (χ1v) is 10.9. The molecule has 1 aromatic carbocycles. The van der Waals surface area contributed by atoms with E-state index in [0.717, 1.165) is 39.3 Å². The molecule has 1 atom stereocenters. The first-order chi connectivity index (χ1) is 13.6. The lowest BCUT2D eigenvalue weighted by molar-refractivity contribution is -0.145. The second kappa shape index (κ2) is 8.28. The largest absolute Gasteiger partial charge is 0.455 e. The Hall–Kier alpha value is -2.45. The fourth-order valence-electron chi connectivity index (χ4n) is 3.33. The van der Waals surface area contributed by atoms with E-state index in [1.807, 2.05) is 42.6 Å². The van der Waals surface area contributed by atoms with Gasteiger partial charge in [-0.15, -0.1) is 11.3 Å². The molecule has 0 fully saturated rings. The van der Waals surface area contributed by atoms with Gasteiger partial charge < -0.3 is 9.64 Å². The van der Waals surface area contributed by atoms with E-state index in [1.54, 1.807) is 4.90 Å². The number of benzene rings is 1. The number of aryl methyl sites for hydroxylation is 1. The van der Waals surface area contributed by atoms with Gasteiger partial charge in [0.2, 0.25) is 0 Å². The SMILES string of the molecule is CC1CCc2ccccc2N1C(=O)COC(=O)CSc1ncnc2sccc12. The van der Waals surface area contributed by atoms with Crippen LogP contribution in [0.25, 0.3) is 10.2 Å². The summed E-state index contributed by atoms with van der Waals surface area (Å²) >= 11 is 2.82. The number of esters is 1. The van der Waals surface area contributed by atoms with Crippen molar-refractivity contribution in [2.75, 3.05) is 17.3 Å². The Kier molecular flexibility index (Phi) is 5.59. The van der Waals surface area contributed by atoms with Gasteiger partial charge in [-0.25, -0.2) is 9.97 Å². The number of hydrogen-bond acceptors (Lipinski definition) is 7. The smallest absolute Gasteiger partial charge is 0.316 e. The Bertz CT molecular complexity index is 1020.